The Hall–Kier alpha value is -1.11. The molecule has 154 valence electrons. The van der Waals surface area contributed by atoms with Gasteiger partial charge in [0.15, 0.2) is 5.79 Å². The Morgan fingerprint density at radius 3 is 2.52 bits per heavy atom. The third-order valence-electron chi connectivity index (χ3n) is 6.98. The molecule has 2 aromatic rings. The zero-order valence-corrected chi connectivity index (χ0v) is 17.5. The standard InChI is InChI=1S/C22H23Cl2NO4/c23-16-2-1-3-17(24)19(16)20-15(21(29-25-20)12-4-5-12)11-26-18-9-14-8-13(18)10-22(14)27-6-7-28-22/h1-3,12-14,18H,4-11H2/t13-,14-,18?/m1/s1. The topological polar surface area (TPSA) is 53.7 Å². The molecule has 2 heterocycles. The van der Waals surface area contributed by atoms with Crippen LogP contribution in [-0.4, -0.2) is 30.3 Å². The normalized spacial score (nSPS) is 29.9. The van der Waals surface area contributed by atoms with Crippen LogP contribution in [0.15, 0.2) is 22.7 Å². The average molecular weight is 436 g/mol. The van der Waals surface area contributed by atoms with Gasteiger partial charge in [-0.25, -0.2) is 0 Å². The summed E-state index contributed by atoms with van der Waals surface area (Å²) >= 11 is 12.9. The quantitative estimate of drug-likeness (QED) is 0.612. The van der Waals surface area contributed by atoms with Gasteiger partial charge >= 0.3 is 0 Å². The first-order valence-corrected chi connectivity index (χ1v) is 11.2. The van der Waals surface area contributed by atoms with Gasteiger partial charge in [0.25, 0.3) is 0 Å². The molecule has 0 radical (unpaired) electrons. The van der Waals surface area contributed by atoms with Crippen LogP contribution < -0.4 is 0 Å². The lowest BCUT2D eigenvalue weighted by molar-refractivity contribution is -0.203. The Morgan fingerprint density at radius 2 is 1.86 bits per heavy atom. The predicted octanol–water partition coefficient (Wildman–Crippen LogP) is 5.58. The van der Waals surface area contributed by atoms with Gasteiger partial charge in [-0.1, -0.05) is 34.4 Å². The summed E-state index contributed by atoms with van der Waals surface area (Å²) in [6.07, 6.45) is 5.51. The first-order valence-electron chi connectivity index (χ1n) is 10.5. The molecule has 3 aliphatic carbocycles. The highest BCUT2D eigenvalue weighted by molar-refractivity contribution is 6.39. The molecule has 1 aliphatic heterocycles. The van der Waals surface area contributed by atoms with Gasteiger partial charge in [-0.3, -0.25) is 0 Å². The number of fused-ring (bicyclic) bond motifs is 3. The first kappa shape index (κ1) is 18.6. The molecule has 29 heavy (non-hydrogen) atoms. The van der Waals surface area contributed by atoms with Crippen molar-refractivity contribution in [3.63, 3.8) is 0 Å². The molecule has 3 atom stereocenters. The van der Waals surface area contributed by atoms with Crippen molar-refractivity contribution in [1.29, 1.82) is 0 Å². The molecule has 1 spiro atoms. The number of aromatic nitrogens is 1. The lowest BCUT2D eigenvalue weighted by Crippen LogP contribution is -2.40. The Balaban J connectivity index is 1.24. The minimum atomic E-state index is -0.336. The lowest BCUT2D eigenvalue weighted by Gasteiger charge is -2.35. The van der Waals surface area contributed by atoms with Crippen molar-refractivity contribution in [3.05, 3.63) is 39.6 Å². The van der Waals surface area contributed by atoms with Gasteiger partial charge in [0.1, 0.15) is 11.5 Å². The van der Waals surface area contributed by atoms with E-state index in [4.69, 9.17) is 41.9 Å². The summed E-state index contributed by atoms with van der Waals surface area (Å²) in [6.45, 7) is 1.89. The Bertz CT molecular complexity index is 915. The fourth-order valence-electron chi connectivity index (χ4n) is 5.46. The van der Waals surface area contributed by atoms with Gasteiger partial charge in [-0.05, 0) is 43.7 Å². The number of rotatable bonds is 5. The third kappa shape index (κ3) is 3.05. The van der Waals surface area contributed by atoms with E-state index < -0.39 is 0 Å². The molecule has 6 rings (SSSR count). The van der Waals surface area contributed by atoms with Crippen LogP contribution in [0.5, 0.6) is 0 Å². The molecule has 4 fully saturated rings. The number of hydrogen-bond donors (Lipinski definition) is 0. The van der Waals surface area contributed by atoms with Crippen molar-refractivity contribution in [3.8, 4) is 11.3 Å². The SMILES string of the molecule is Clc1cccc(Cl)c1-c1noc(C2CC2)c1COC1C[C@H]2C[C@@H]1CC21OCCO1. The van der Waals surface area contributed by atoms with Crippen LogP contribution in [0.2, 0.25) is 10.0 Å². The van der Waals surface area contributed by atoms with Crippen LogP contribution in [0.25, 0.3) is 11.3 Å². The average Bonchev–Trinajstić information content (AvgIpc) is 3.06. The zero-order chi connectivity index (χ0) is 19.6. The predicted molar refractivity (Wildman–Crippen MR) is 108 cm³/mol. The molecule has 0 amide bonds. The van der Waals surface area contributed by atoms with Crippen molar-refractivity contribution in [2.24, 2.45) is 11.8 Å². The summed E-state index contributed by atoms with van der Waals surface area (Å²) < 4.78 is 24.1. The van der Waals surface area contributed by atoms with Crippen molar-refractivity contribution >= 4 is 23.2 Å². The van der Waals surface area contributed by atoms with E-state index in [0.29, 0.717) is 53.3 Å². The number of hydrogen-bond acceptors (Lipinski definition) is 5. The molecule has 1 aromatic carbocycles. The van der Waals surface area contributed by atoms with Gasteiger partial charge < -0.3 is 18.7 Å². The van der Waals surface area contributed by atoms with E-state index in [0.717, 1.165) is 49.0 Å². The number of ether oxygens (including phenoxy) is 3. The monoisotopic (exact) mass is 435 g/mol. The fourth-order valence-corrected chi connectivity index (χ4v) is 6.04. The molecule has 1 aromatic heterocycles. The molecule has 7 heteroatoms. The number of nitrogens with zero attached hydrogens (tertiary/aromatic N) is 1. The van der Waals surface area contributed by atoms with E-state index in [2.05, 4.69) is 5.16 Å². The van der Waals surface area contributed by atoms with Gasteiger partial charge in [0.2, 0.25) is 0 Å². The van der Waals surface area contributed by atoms with Crippen LogP contribution in [0.4, 0.5) is 0 Å². The minimum Gasteiger partial charge on any atom is -0.373 e. The zero-order valence-electron chi connectivity index (χ0n) is 16.0. The maximum Gasteiger partial charge on any atom is 0.171 e. The summed E-state index contributed by atoms with van der Waals surface area (Å²) in [6, 6.07) is 5.50. The highest BCUT2D eigenvalue weighted by Gasteiger charge is 2.59. The van der Waals surface area contributed by atoms with E-state index in [1.54, 1.807) is 0 Å². The minimum absolute atomic E-state index is 0.218. The lowest BCUT2D eigenvalue weighted by atomic mass is 9.91. The van der Waals surface area contributed by atoms with Gasteiger partial charge in [-0.15, -0.1) is 0 Å². The van der Waals surface area contributed by atoms with E-state index >= 15 is 0 Å². The van der Waals surface area contributed by atoms with E-state index in [-0.39, 0.29) is 11.9 Å². The van der Waals surface area contributed by atoms with Crippen LogP contribution in [0.1, 0.15) is 49.3 Å². The smallest absolute Gasteiger partial charge is 0.171 e. The second kappa shape index (κ2) is 6.96. The summed E-state index contributed by atoms with van der Waals surface area (Å²) in [5.41, 5.74) is 2.43. The molecule has 5 nitrogen and oxygen atoms in total. The molecular weight excluding hydrogens is 413 g/mol. The van der Waals surface area contributed by atoms with E-state index in [1.165, 1.54) is 0 Å². The van der Waals surface area contributed by atoms with Gasteiger partial charge in [0.05, 0.1) is 36.0 Å². The molecule has 0 N–H and O–H groups in total. The summed E-state index contributed by atoms with van der Waals surface area (Å²) in [5.74, 6) is 1.94. The van der Waals surface area contributed by atoms with Gasteiger partial charge in [-0.2, -0.15) is 0 Å². The van der Waals surface area contributed by atoms with E-state index in [9.17, 15) is 0 Å². The maximum atomic E-state index is 6.45. The van der Waals surface area contributed by atoms with Crippen LogP contribution in [0, 0.1) is 11.8 Å². The molecule has 3 saturated carbocycles. The second-order valence-electron chi connectivity index (χ2n) is 8.74. The Morgan fingerprint density at radius 1 is 1.10 bits per heavy atom. The Kier molecular flexibility index (Phi) is 4.47. The largest absolute Gasteiger partial charge is 0.373 e. The molecule has 1 unspecified atom stereocenters. The van der Waals surface area contributed by atoms with Crippen molar-refractivity contribution in [2.45, 2.75) is 56.5 Å². The van der Waals surface area contributed by atoms with Crippen molar-refractivity contribution < 1.29 is 18.7 Å². The van der Waals surface area contributed by atoms with Crippen LogP contribution >= 0.6 is 23.2 Å². The second-order valence-corrected chi connectivity index (χ2v) is 9.55. The first-order chi connectivity index (χ1) is 14.1. The maximum absolute atomic E-state index is 6.45. The molecule has 1 saturated heterocycles. The summed E-state index contributed by atoms with van der Waals surface area (Å²) in [4.78, 5) is 0. The van der Waals surface area contributed by atoms with Crippen LogP contribution in [0.3, 0.4) is 0 Å². The van der Waals surface area contributed by atoms with Crippen molar-refractivity contribution in [1.82, 2.24) is 5.16 Å². The highest BCUT2D eigenvalue weighted by atomic mass is 35.5. The molecule has 2 bridgehead atoms. The van der Waals surface area contributed by atoms with Crippen LogP contribution in [-0.2, 0) is 20.8 Å². The van der Waals surface area contributed by atoms with Gasteiger partial charge in [0, 0.05) is 29.4 Å². The Labute approximate surface area is 179 Å². The molecular formula is C22H23Cl2NO4. The summed E-state index contributed by atoms with van der Waals surface area (Å²) in [7, 11) is 0. The summed E-state index contributed by atoms with van der Waals surface area (Å²) in [5, 5.41) is 5.51. The van der Waals surface area contributed by atoms with E-state index in [1.807, 2.05) is 18.2 Å². The highest BCUT2D eigenvalue weighted by Crippen LogP contribution is 2.55. The fraction of sp³-hybridized carbons (Fsp3) is 0.591. The number of benzene rings is 1. The number of halogens is 2. The molecule has 4 aliphatic rings. The van der Waals surface area contributed by atoms with Crippen molar-refractivity contribution in [2.75, 3.05) is 13.2 Å². The third-order valence-corrected chi connectivity index (χ3v) is 7.61.